The average Bonchev–Trinajstić information content (AvgIpc) is 3.34. The van der Waals surface area contributed by atoms with Gasteiger partial charge in [0.05, 0.1) is 36.6 Å². The van der Waals surface area contributed by atoms with Crippen molar-refractivity contribution < 1.29 is 43.2 Å². The van der Waals surface area contributed by atoms with E-state index in [1.807, 2.05) is 0 Å². The van der Waals surface area contributed by atoms with E-state index < -0.39 is 43.2 Å². The minimum Gasteiger partial charge on any atom is -0.503 e. The van der Waals surface area contributed by atoms with Gasteiger partial charge in [0.1, 0.15) is 12.3 Å². The Hall–Kier alpha value is -2.42. The number of ether oxygens (including phenoxy) is 2. The minimum absolute atomic E-state index is 0.0665. The lowest BCUT2D eigenvalue weighted by molar-refractivity contribution is -0.0589. The van der Waals surface area contributed by atoms with Gasteiger partial charge in [-0.25, -0.2) is 4.79 Å². The van der Waals surface area contributed by atoms with Crippen LogP contribution in [0.4, 0.5) is 0 Å². The number of methoxy groups -OCH3 is 1. The predicted octanol–water partition coefficient (Wildman–Crippen LogP) is 2.42. The van der Waals surface area contributed by atoms with Crippen molar-refractivity contribution in [1.29, 1.82) is 0 Å². The number of phenols is 1. The molecule has 41 heavy (non-hydrogen) atoms. The van der Waals surface area contributed by atoms with Gasteiger partial charge in [0.15, 0.2) is 17.6 Å². The monoisotopic (exact) mass is 639 g/mol. The molecule has 0 amide bonds. The number of oxime groups is 1. The standard InChI is InChI=1S/C24H32Cl2N3O11P/c1-13-9-29(24(34)28-23(13)33)20-7-17(40-27-8-15-16(25)6-18(36-2)22(32)21(15)26)19(39-20)12-38-41(3,35)37-11-14(10-31)4-5-30/h6,8-9,14,17,19-20,30-32H,4-5,7,10-12H2,1-3H3,(H,28,33,34)/t14-,17-,19-,20-,41?/m1/s1. The molecule has 0 spiro atoms. The highest BCUT2D eigenvalue weighted by Crippen LogP contribution is 2.45. The van der Waals surface area contributed by atoms with Crippen LogP contribution in [0.2, 0.25) is 10.0 Å². The highest BCUT2D eigenvalue weighted by molar-refractivity contribution is 7.52. The number of rotatable bonds is 14. The molecular formula is C24H32Cl2N3O11P. The van der Waals surface area contributed by atoms with Crippen LogP contribution >= 0.6 is 30.8 Å². The molecule has 2 aromatic rings. The molecule has 1 aromatic carbocycles. The first-order valence-electron chi connectivity index (χ1n) is 12.4. The van der Waals surface area contributed by atoms with Crippen molar-refractivity contribution in [3.63, 3.8) is 0 Å². The largest absolute Gasteiger partial charge is 0.503 e. The van der Waals surface area contributed by atoms with Crippen LogP contribution in [0.15, 0.2) is 27.0 Å². The van der Waals surface area contributed by atoms with Crippen molar-refractivity contribution in [2.24, 2.45) is 11.1 Å². The van der Waals surface area contributed by atoms with Crippen LogP contribution in [0.5, 0.6) is 11.5 Å². The second-order valence-corrected chi connectivity index (χ2v) is 12.1. The average molecular weight is 640 g/mol. The second-order valence-electron chi connectivity index (χ2n) is 9.28. The summed E-state index contributed by atoms with van der Waals surface area (Å²) in [6.07, 6.45) is 0.197. The number of hydrogen-bond donors (Lipinski definition) is 4. The quantitative estimate of drug-likeness (QED) is 0.135. The van der Waals surface area contributed by atoms with E-state index >= 15 is 0 Å². The number of halogens is 2. The third-order valence-electron chi connectivity index (χ3n) is 6.24. The summed E-state index contributed by atoms with van der Waals surface area (Å²) in [4.78, 5) is 32.1. The topological polar surface area (TPSA) is 191 Å². The van der Waals surface area contributed by atoms with E-state index in [1.165, 1.54) is 43.7 Å². The first-order chi connectivity index (χ1) is 19.4. The van der Waals surface area contributed by atoms with E-state index in [1.54, 1.807) is 0 Å². The number of nitrogens with zero attached hydrogens (tertiary/aromatic N) is 2. The number of aliphatic hydroxyl groups is 2. The van der Waals surface area contributed by atoms with Gasteiger partial charge in [-0.15, -0.1) is 0 Å². The number of aromatic hydroxyl groups is 1. The minimum atomic E-state index is -3.64. The fourth-order valence-electron chi connectivity index (χ4n) is 3.87. The number of benzene rings is 1. The Morgan fingerprint density at radius 3 is 2.71 bits per heavy atom. The van der Waals surface area contributed by atoms with Crippen LogP contribution in [-0.2, 0) is 23.2 Å². The molecule has 0 aliphatic carbocycles. The Balaban J connectivity index is 1.79. The molecule has 2 heterocycles. The lowest BCUT2D eigenvalue weighted by Gasteiger charge is -2.21. The van der Waals surface area contributed by atoms with Crippen LogP contribution in [-0.4, -0.2) is 83.5 Å². The number of aromatic nitrogens is 2. The maximum Gasteiger partial charge on any atom is 0.330 e. The Bertz CT molecular complexity index is 1400. The van der Waals surface area contributed by atoms with Crippen LogP contribution in [0, 0.1) is 12.8 Å². The first kappa shape index (κ1) is 33.1. The molecule has 1 aliphatic heterocycles. The van der Waals surface area contributed by atoms with Crippen molar-refractivity contribution in [3.8, 4) is 11.5 Å². The fourth-order valence-corrected chi connectivity index (χ4v) is 5.37. The lowest BCUT2D eigenvalue weighted by Crippen LogP contribution is -2.33. The molecule has 1 aliphatic rings. The zero-order chi connectivity index (χ0) is 30.3. The Kier molecular flexibility index (Phi) is 11.8. The van der Waals surface area contributed by atoms with E-state index in [0.717, 1.165) is 0 Å². The van der Waals surface area contributed by atoms with Crippen LogP contribution in [0.25, 0.3) is 0 Å². The maximum atomic E-state index is 12.9. The maximum absolute atomic E-state index is 12.9. The summed E-state index contributed by atoms with van der Waals surface area (Å²) < 4.78 is 35.9. The zero-order valence-corrected chi connectivity index (χ0v) is 24.9. The van der Waals surface area contributed by atoms with Gasteiger partial charge in [0, 0.05) is 55.6 Å². The number of phenolic OH excluding ortho intramolecular Hbond substituents is 1. The Labute approximate surface area is 244 Å². The van der Waals surface area contributed by atoms with Gasteiger partial charge < -0.3 is 38.7 Å². The third kappa shape index (κ3) is 8.55. The molecule has 14 nitrogen and oxygen atoms in total. The molecule has 5 atom stereocenters. The molecule has 3 rings (SSSR count). The van der Waals surface area contributed by atoms with E-state index in [2.05, 4.69) is 10.1 Å². The van der Waals surface area contributed by atoms with Crippen molar-refractivity contribution >= 4 is 37.0 Å². The van der Waals surface area contributed by atoms with E-state index in [0.29, 0.717) is 0 Å². The number of nitrogens with one attached hydrogen (secondary N) is 1. The molecule has 0 bridgehead atoms. The van der Waals surface area contributed by atoms with Crippen LogP contribution in [0.3, 0.4) is 0 Å². The first-order valence-corrected chi connectivity index (χ1v) is 15.1. The van der Waals surface area contributed by atoms with Gasteiger partial charge in [0.2, 0.25) is 0 Å². The molecule has 0 radical (unpaired) electrons. The normalized spacial score (nSPS) is 21.2. The van der Waals surface area contributed by atoms with Crippen molar-refractivity contribution in [1.82, 2.24) is 9.55 Å². The van der Waals surface area contributed by atoms with Gasteiger partial charge in [0.25, 0.3) is 5.56 Å². The van der Waals surface area contributed by atoms with Crippen molar-refractivity contribution in [2.45, 2.75) is 38.2 Å². The summed E-state index contributed by atoms with van der Waals surface area (Å²) in [6, 6.07) is 1.35. The summed E-state index contributed by atoms with van der Waals surface area (Å²) in [5.74, 6) is -0.706. The second kappa shape index (κ2) is 14.7. The number of aromatic amines is 1. The summed E-state index contributed by atoms with van der Waals surface area (Å²) in [7, 11) is -2.30. The van der Waals surface area contributed by atoms with E-state index in [-0.39, 0.29) is 71.9 Å². The Morgan fingerprint density at radius 1 is 1.32 bits per heavy atom. The van der Waals surface area contributed by atoms with E-state index in [4.69, 9.17) is 51.7 Å². The van der Waals surface area contributed by atoms with Gasteiger partial charge >= 0.3 is 13.3 Å². The molecule has 0 saturated carbocycles. The summed E-state index contributed by atoms with van der Waals surface area (Å²) in [6.45, 7) is 1.94. The van der Waals surface area contributed by atoms with Crippen molar-refractivity contribution in [2.75, 3.05) is 40.2 Å². The third-order valence-corrected chi connectivity index (χ3v) is 8.17. The molecule has 228 valence electrons. The van der Waals surface area contributed by atoms with Gasteiger partial charge in [-0.3, -0.25) is 18.9 Å². The predicted molar refractivity (Wildman–Crippen MR) is 149 cm³/mol. The number of hydrogen-bond acceptors (Lipinski definition) is 12. The fraction of sp³-hybridized carbons (Fsp3) is 0.542. The molecule has 1 unspecified atom stereocenters. The molecular weight excluding hydrogens is 608 g/mol. The lowest BCUT2D eigenvalue weighted by atomic mass is 10.1. The zero-order valence-electron chi connectivity index (χ0n) is 22.5. The number of aliphatic hydroxyl groups excluding tert-OH is 2. The smallest absolute Gasteiger partial charge is 0.330 e. The summed E-state index contributed by atoms with van der Waals surface area (Å²) >= 11 is 12.4. The summed E-state index contributed by atoms with van der Waals surface area (Å²) in [5, 5.41) is 32.6. The van der Waals surface area contributed by atoms with Gasteiger partial charge in [-0.1, -0.05) is 28.4 Å². The SMILES string of the molecule is COc1cc(Cl)c(C=NO[C@@H]2C[C@H](n3cc(C)c(=O)[nH]c3=O)O[C@@H]2COP(C)(=O)OC[C@@H](CO)CCO)c(Cl)c1O. The van der Waals surface area contributed by atoms with Gasteiger partial charge in [-0.2, -0.15) is 0 Å². The molecule has 4 N–H and O–H groups in total. The highest BCUT2D eigenvalue weighted by atomic mass is 35.5. The van der Waals surface area contributed by atoms with Gasteiger partial charge in [-0.05, 0) is 13.3 Å². The highest BCUT2D eigenvalue weighted by Gasteiger charge is 2.40. The van der Waals surface area contributed by atoms with Crippen molar-refractivity contribution in [3.05, 3.63) is 54.3 Å². The Morgan fingerprint density at radius 2 is 2.05 bits per heavy atom. The summed E-state index contributed by atoms with van der Waals surface area (Å²) in [5.41, 5.74) is -0.815. The van der Waals surface area contributed by atoms with E-state index in [9.17, 15) is 24.4 Å². The van der Waals surface area contributed by atoms with Crippen LogP contribution < -0.4 is 16.0 Å². The number of aryl methyl sites for hydroxylation is 1. The molecule has 1 saturated heterocycles. The molecule has 1 aromatic heterocycles. The number of H-pyrrole nitrogens is 1. The molecule has 1 fully saturated rings. The molecule has 17 heteroatoms. The van der Waals surface area contributed by atoms with Crippen LogP contribution in [0.1, 0.15) is 30.2 Å².